The van der Waals surface area contributed by atoms with Gasteiger partial charge in [-0.3, -0.25) is 0 Å². The van der Waals surface area contributed by atoms with Gasteiger partial charge in [-0.25, -0.2) is 0 Å². The van der Waals surface area contributed by atoms with Crippen LogP contribution in [0.4, 0.5) is 0 Å². The summed E-state index contributed by atoms with van der Waals surface area (Å²) in [5.74, 6) is 1.07. The van der Waals surface area contributed by atoms with E-state index in [4.69, 9.17) is 4.74 Å². The fraction of sp³-hybridized carbons (Fsp3) is 0.0625. The SMILES string of the molecule is COc1cccc(/C=N/n2cnnc2-c2ccccc2)c1O. The van der Waals surface area contributed by atoms with Gasteiger partial charge in [0, 0.05) is 11.1 Å². The largest absolute Gasteiger partial charge is 0.504 e. The summed E-state index contributed by atoms with van der Waals surface area (Å²) in [6, 6.07) is 14.8. The fourth-order valence-electron chi connectivity index (χ4n) is 2.02. The quantitative estimate of drug-likeness (QED) is 0.750. The van der Waals surface area contributed by atoms with Crippen LogP contribution in [-0.4, -0.2) is 33.3 Å². The predicted molar refractivity (Wildman–Crippen MR) is 83.1 cm³/mol. The number of benzene rings is 2. The van der Waals surface area contributed by atoms with Gasteiger partial charge < -0.3 is 9.84 Å². The third-order valence-corrected chi connectivity index (χ3v) is 3.13. The molecule has 0 aliphatic carbocycles. The maximum absolute atomic E-state index is 10.0. The van der Waals surface area contributed by atoms with Crippen molar-refractivity contribution < 1.29 is 9.84 Å². The Morgan fingerprint density at radius 3 is 2.73 bits per heavy atom. The minimum absolute atomic E-state index is 0.0445. The van der Waals surface area contributed by atoms with Crippen LogP contribution in [0.2, 0.25) is 0 Å². The fourth-order valence-corrected chi connectivity index (χ4v) is 2.02. The van der Waals surface area contributed by atoms with E-state index in [2.05, 4.69) is 15.3 Å². The number of rotatable bonds is 4. The molecule has 1 heterocycles. The number of hydrogen-bond acceptors (Lipinski definition) is 5. The van der Waals surface area contributed by atoms with Crippen molar-refractivity contribution in [1.82, 2.24) is 14.9 Å². The summed E-state index contributed by atoms with van der Waals surface area (Å²) in [6.07, 6.45) is 3.05. The maximum Gasteiger partial charge on any atom is 0.184 e. The summed E-state index contributed by atoms with van der Waals surface area (Å²) < 4.78 is 6.62. The third-order valence-electron chi connectivity index (χ3n) is 3.13. The van der Waals surface area contributed by atoms with Crippen molar-refractivity contribution in [3.8, 4) is 22.9 Å². The average molecular weight is 294 g/mol. The molecule has 22 heavy (non-hydrogen) atoms. The van der Waals surface area contributed by atoms with Crippen molar-refractivity contribution in [3.63, 3.8) is 0 Å². The second kappa shape index (κ2) is 6.09. The van der Waals surface area contributed by atoms with Crippen LogP contribution in [0.3, 0.4) is 0 Å². The molecule has 3 aromatic rings. The highest BCUT2D eigenvalue weighted by Crippen LogP contribution is 2.28. The molecule has 0 aliphatic rings. The molecule has 6 heteroatoms. The lowest BCUT2D eigenvalue weighted by atomic mass is 10.2. The first-order valence-electron chi connectivity index (χ1n) is 6.65. The number of aromatic nitrogens is 3. The maximum atomic E-state index is 10.0. The molecular weight excluding hydrogens is 280 g/mol. The Kier molecular flexibility index (Phi) is 3.82. The second-order valence-electron chi connectivity index (χ2n) is 4.51. The highest BCUT2D eigenvalue weighted by Gasteiger charge is 2.07. The van der Waals surface area contributed by atoms with E-state index >= 15 is 0 Å². The minimum Gasteiger partial charge on any atom is -0.504 e. The molecule has 6 nitrogen and oxygen atoms in total. The molecule has 1 aromatic heterocycles. The van der Waals surface area contributed by atoms with Crippen LogP contribution in [0.25, 0.3) is 11.4 Å². The number of nitrogens with zero attached hydrogens (tertiary/aromatic N) is 4. The number of phenols is 1. The average Bonchev–Trinajstić information content (AvgIpc) is 3.03. The molecule has 0 spiro atoms. The van der Waals surface area contributed by atoms with Crippen LogP contribution in [-0.2, 0) is 0 Å². The Morgan fingerprint density at radius 1 is 1.14 bits per heavy atom. The summed E-state index contributed by atoms with van der Waals surface area (Å²) >= 11 is 0. The number of methoxy groups -OCH3 is 1. The lowest BCUT2D eigenvalue weighted by molar-refractivity contribution is 0.373. The summed E-state index contributed by atoms with van der Waals surface area (Å²) in [7, 11) is 1.50. The van der Waals surface area contributed by atoms with Crippen LogP contribution >= 0.6 is 0 Å². The molecule has 0 amide bonds. The summed E-state index contributed by atoms with van der Waals surface area (Å²) in [6.45, 7) is 0. The van der Waals surface area contributed by atoms with Crippen molar-refractivity contribution in [2.45, 2.75) is 0 Å². The minimum atomic E-state index is 0.0445. The van der Waals surface area contributed by atoms with Crippen molar-refractivity contribution in [2.24, 2.45) is 5.10 Å². The van der Waals surface area contributed by atoms with Gasteiger partial charge in [-0.15, -0.1) is 10.2 Å². The number of hydrogen-bond donors (Lipinski definition) is 1. The van der Waals surface area contributed by atoms with Crippen molar-refractivity contribution >= 4 is 6.21 Å². The first-order valence-corrected chi connectivity index (χ1v) is 6.65. The van der Waals surface area contributed by atoms with Crippen LogP contribution in [0.1, 0.15) is 5.56 Å². The summed E-state index contributed by atoms with van der Waals surface area (Å²) in [4.78, 5) is 0. The Bertz CT molecular complexity index is 797. The molecule has 110 valence electrons. The van der Waals surface area contributed by atoms with Gasteiger partial charge >= 0.3 is 0 Å². The molecule has 3 rings (SSSR count). The Morgan fingerprint density at radius 2 is 1.95 bits per heavy atom. The molecule has 0 atom stereocenters. The van der Waals surface area contributed by atoms with Gasteiger partial charge in [0.1, 0.15) is 6.33 Å². The van der Waals surface area contributed by atoms with E-state index in [0.29, 0.717) is 17.1 Å². The molecular formula is C16H14N4O2. The molecule has 0 radical (unpaired) electrons. The first kappa shape index (κ1) is 13.8. The monoisotopic (exact) mass is 294 g/mol. The van der Waals surface area contributed by atoms with Gasteiger partial charge in [0.15, 0.2) is 17.3 Å². The Hall–Kier alpha value is -3.15. The third kappa shape index (κ3) is 2.67. The number of aromatic hydroxyl groups is 1. The smallest absolute Gasteiger partial charge is 0.184 e. The second-order valence-corrected chi connectivity index (χ2v) is 4.51. The van der Waals surface area contributed by atoms with Crippen LogP contribution in [0.15, 0.2) is 60.0 Å². The summed E-state index contributed by atoms with van der Waals surface area (Å²) in [5.41, 5.74) is 1.46. The number of ether oxygens (including phenoxy) is 1. The molecule has 1 N–H and O–H groups in total. The van der Waals surface area contributed by atoms with Gasteiger partial charge in [-0.05, 0) is 12.1 Å². The van der Waals surface area contributed by atoms with E-state index in [1.807, 2.05) is 30.3 Å². The zero-order valence-corrected chi connectivity index (χ0v) is 11.9. The van der Waals surface area contributed by atoms with Crippen LogP contribution in [0.5, 0.6) is 11.5 Å². The predicted octanol–water partition coefficient (Wildman–Crippen LogP) is 2.54. The van der Waals surface area contributed by atoms with Gasteiger partial charge in [-0.2, -0.15) is 9.78 Å². The van der Waals surface area contributed by atoms with E-state index in [9.17, 15) is 5.11 Å². The Balaban J connectivity index is 1.93. The standard InChI is InChI=1S/C16H14N4O2/c1-22-14-9-5-8-13(15(14)21)10-18-20-11-17-19-16(20)12-6-3-2-4-7-12/h2-11,21H,1H3/b18-10+. The van der Waals surface area contributed by atoms with Crippen LogP contribution < -0.4 is 4.74 Å². The number of phenolic OH excluding ortho intramolecular Hbond substituents is 1. The van der Waals surface area contributed by atoms with Gasteiger partial charge in [0.2, 0.25) is 0 Å². The van der Waals surface area contributed by atoms with E-state index in [0.717, 1.165) is 5.56 Å². The zero-order valence-electron chi connectivity index (χ0n) is 11.9. The van der Waals surface area contributed by atoms with E-state index in [1.165, 1.54) is 19.7 Å². The molecule has 0 saturated heterocycles. The molecule has 0 fully saturated rings. The van der Waals surface area contributed by atoms with Crippen molar-refractivity contribution in [1.29, 1.82) is 0 Å². The number of para-hydroxylation sites is 1. The molecule has 2 aromatic carbocycles. The highest BCUT2D eigenvalue weighted by molar-refractivity contribution is 5.84. The van der Waals surface area contributed by atoms with Crippen molar-refractivity contribution in [2.75, 3.05) is 7.11 Å². The molecule has 0 unspecified atom stereocenters. The molecule has 0 saturated carbocycles. The topological polar surface area (TPSA) is 72.5 Å². The van der Waals surface area contributed by atoms with Gasteiger partial charge in [0.25, 0.3) is 0 Å². The first-order chi connectivity index (χ1) is 10.8. The lowest BCUT2D eigenvalue weighted by Gasteiger charge is -2.05. The van der Waals surface area contributed by atoms with Crippen LogP contribution in [0, 0.1) is 0 Å². The Labute approximate surface area is 127 Å². The lowest BCUT2D eigenvalue weighted by Crippen LogP contribution is -1.94. The van der Waals surface area contributed by atoms with Gasteiger partial charge in [-0.1, -0.05) is 36.4 Å². The molecule has 0 bridgehead atoms. The van der Waals surface area contributed by atoms with E-state index in [1.54, 1.807) is 22.9 Å². The van der Waals surface area contributed by atoms with Gasteiger partial charge in [0.05, 0.1) is 13.3 Å². The normalized spacial score (nSPS) is 11.0. The van der Waals surface area contributed by atoms with Crippen molar-refractivity contribution in [3.05, 3.63) is 60.4 Å². The zero-order chi connectivity index (χ0) is 15.4. The molecule has 0 aliphatic heterocycles. The van der Waals surface area contributed by atoms with E-state index in [-0.39, 0.29) is 5.75 Å². The summed E-state index contributed by atoms with van der Waals surface area (Å²) in [5, 5.41) is 22.3. The highest BCUT2D eigenvalue weighted by atomic mass is 16.5. The van der Waals surface area contributed by atoms with E-state index < -0.39 is 0 Å².